The van der Waals surface area contributed by atoms with Gasteiger partial charge in [0.1, 0.15) is 23.9 Å². The van der Waals surface area contributed by atoms with E-state index in [2.05, 4.69) is 0 Å². The number of fused-ring (bicyclic) bond motifs is 1. The summed E-state index contributed by atoms with van der Waals surface area (Å²) >= 11 is 0. The van der Waals surface area contributed by atoms with Crippen molar-refractivity contribution in [1.29, 1.82) is 0 Å². The Morgan fingerprint density at radius 1 is 1.03 bits per heavy atom. The number of amides is 2. The molecule has 2 heterocycles. The van der Waals surface area contributed by atoms with Gasteiger partial charge in [0, 0.05) is 26.6 Å². The molecule has 0 fully saturated rings. The van der Waals surface area contributed by atoms with E-state index in [1.54, 1.807) is 30.1 Å². The van der Waals surface area contributed by atoms with E-state index in [1.165, 1.54) is 12.1 Å². The largest absolute Gasteiger partial charge is 0.486 e. The summed E-state index contributed by atoms with van der Waals surface area (Å²) in [5, 5.41) is 0. The van der Waals surface area contributed by atoms with Gasteiger partial charge < -0.3 is 19.0 Å². The quantitative estimate of drug-likeness (QED) is 0.276. The first-order valence-electron chi connectivity index (χ1n) is 13.1. The number of furan rings is 1. The van der Waals surface area contributed by atoms with E-state index in [0.717, 1.165) is 22.3 Å². The summed E-state index contributed by atoms with van der Waals surface area (Å²) in [6.45, 7) is 3.02. The Morgan fingerprint density at radius 2 is 1.85 bits per heavy atom. The Hall–Kier alpha value is -4.39. The lowest BCUT2D eigenvalue weighted by Crippen LogP contribution is -2.40. The van der Waals surface area contributed by atoms with Crippen molar-refractivity contribution >= 4 is 11.8 Å². The highest BCUT2D eigenvalue weighted by atomic mass is 19.1. The van der Waals surface area contributed by atoms with E-state index in [0.29, 0.717) is 37.4 Å². The summed E-state index contributed by atoms with van der Waals surface area (Å²) in [7, 11) is 1.74. The van der Waals surface area contributed by atoms with Crippen molar-refractivity contribution in [2.24, 2.45) is 0 Å². The number of carbonyl (C=O) groups excluding carboxylic acids is 2. The van der Waals surface area contributed by atoms with E-state index in [-0.39, 0.29) is 30.0 Å². The van der Waals surface area contributed by atoms with Crippen LogP contribution in [0.5, 0.6) is 5.75 Å². The fraction of sp³-hybridized carbons (Fsp3) is 0.250. The lowest BCUT2D eigenvalue weighted by Gasteiger charge is -2.38. The summed E-state index contributed by atoms with van der Waals surface area (Å²) < 4.78 is 26.0. The molecule has 0 bridgehead atoms. The fourth-order valence-corrected chi connectivity index (χ4v) is 5.03. The van der Waals surface area contributed by atoms with E-state index in [4.69, 9.17) is 9.15 Å². The molecule has 1 unspecified atom stereocenters. The third-order valence-electron chi connectivity index (χ3n) is 7.00. The van der Waals surface area contributed by atoms with Gasteiger partial charge in [-0.2, -0.15) is 0 Å². The van der Waals surface area contributed by atoms with E-state index in [1.807, 2.05) is 66.4 Å². The maximum Gasteiger partial charge on any atom is 0.289 e. The van der Waals surface area contributed by atoms with Gasteiger partial charge in [-0.3, -0.25) is 9.59 Å². The zero-order valence-corrected chi connectivity index (χ0v) is 22.1. The van der Waals surface area contributed by atoms with Crippen molar-refractivity contribution < 1.29 is 23.1 Å². The standard InChI is InChI=1S/C32H31FN2O4/c1-3-30(36)35-17-16-23-12-13-26(19-28(23)31(35)24-10-7-11-25(33)18-24)38-21-27-14-15-29(39-27)32(37)34(2)20-22-8-5-4-6-9-22/h4-15,18-19,31H,3,16-17,20-21H2,1-2H3. The summed E-state index contributed by atoms with van der Waals surface area (Å²) in [5.74, 6) is 0.842. The Bertz CT molecular complexity index is 1470. The lowest BCUT2D eigenvalue weighted by atomic mass is 9.87. The minimum absolute atomic E-state index is 0.0197. The van der Waals surface area contributed by atoms with Crippen LogP contribution >= 0.6 is 0 Å². The molecular weight excluding hydrogens is 495 g/mol. The highest BCUT2D eigenvalue weighted by molar-refractivity contribution is 5.91. The monoisotopic (exact) mass is 526 g/mol. The third-order valence-corrected chi connectivity index (χ3v) is 7.00. The molecule has 5 rings (SSSR count). The van der Waals surface area contributed by atoms with Gasteiger partial charge in [0.25, 0.3) is 5.91 Å². The molecule has 1 aliphatic rings. The average Bonchev–Trinajstić information content (AvgIpc) is 3.44. The molecule has 0 N–H and O–H groups in total. The number of rotatable bonds is 8. The molecule has 1 aromatic heterocycles. The highest BCUT2D eigenvalue weighted by Gasteiger charge is 2.32. The average molecular weight is 527 g/mol. The van der Waals surface area contributed by atoms with Crippen LogP contribution in [0.3, 0.4) is 0 Å². The van der Waals surface area contributed by atoms with E-state index < -0.39 is 6.04 Å². The Balaban J connectivity index is 1.31. The van der Waals surface area contributed by atoms with Gasteiger partial charge in [0.15, 0.2) is 5.76 Å². The van der Waals surface area contributed by atoms with Gasteiger partial charge in [0.05, 0.1) is 6.04 Å². The highest BCUT2D eigenvalue weighted by Crippen LogP contribution is 2.38. The maximum atomic E-state index is 14.1. The summed E-state index contributed by atoms with van der Waals surface area (Å²) in [5.41, 5.74) is 3.78. The Labute approximate surface area is 227 Å². The second-order valence-corrected chi connectivity index (χ2v) is 9.71. The first-order chi connectivity index (χ1) is 18.9. The molecule has 39 heavy (non-hydrogen) atoms. The van der Waals surface area contributed by atoms with E-state index in [9.17, 15) is 14.0 Å². The third kappa shape index (κ3) is 5.87. The smallest absolute Gasteiger partial charge is 0.289 e. The summed E-state index contributed by atoms with van der Waals surface area (Å²) in [4.78, 5) is 29.1. The molecule has 0 saturated carbocycles. The van der Waals surface area contributed by atoms with Crippen LogP contribution in [0.15, 0.2) is 89.3 Å². The molecule has 0 radical (unpaired) electrons. The Morgan fingerprint density at radius 3 is 2.62 bits per heavy atom. The van der Waals surface area contributed by atoms with Crippen LogP contribution in [0, 0.1) is 5.82 Å². The van der Waals surface area contributed by atoms with Crippen molar-refractivity contribution in [3.63, 3.8) is 0 Å². The zero-order chi connectivity index (χ0) is 27.4. The van der Waals surface area contributed by atoms with Gasteiger partial charge in [-0.25, -0.2) is 4.39 Å². The Kier molecular flexibility index (Phi) is 7.77. The molecule has 4 aromatic rings. The van der Waals surface area contributed by atoms with Gasteiger partial charge in [0.2, 0.25) is 5.91 Å². The first kappa shape index (κ1) is 26.2. The molecule has 200 valence electrons. The van der Waals surface area contributed by atoms with Crippen molar-refractivity contribution in [2.75, 3.05) is 13.6 Å². The normalized spacial score (nSPS) is 14.5. The van der Waals surface area contributed by atoms with Gasteiger partial charge in [-0.1, -0.05) is 55.5 Å². The van der Waals surface area contributed by atoms with Crippen molar-refractivity contribution in [1.82, 2.24) is 9.80 Å². The molecule has 0 saturated heterocycles. The molecule has 7 heteroatoms. The van der Waals surface area contributed by atoms with E-state index >= 15 is 0 Å². The second kappa shape index (κ2) is 11.6. The number of hydrogen-bond acceptors (Lipinski definition) is 4. The molecule has 0 spiro atoms. The number of nitrogens with zero attached hydrogens (tertiary/aromatic N) is 2. The number of carbonyl (C=O) groups is 2. The molecule has 2 amide bonds. The molecule has 1 atom stereocenters. The van der Waals surface area contributed by atoms with Crippen LogP contribution in [-0.2, 0) is 24.4 Å². The van der Waals surface area contributed by atoms with Crippen molar-refractivity contribution in [3.05, 3.63) is 125 Å². The van der Waals surface area contributed by atoms with Gasteiger partial charge in [-0.15, -0.1) is 0 Å². The van der Waals surface area contributed by atoms with Crippen molar-refractivity contribution in [2.45, 2.75) is 39.0 Å². The predicted octanol–water partition coefficient (Wildman–Crippen LogP) is 6.15. The first-order valence-corrected chi connectivity index (χ1v) is 13.1. The minimum Gasteiger partial charge on any atom is -0.486 e. The second-order valence-electron chi connectivity index (χ2n) is 9.71. The molecule has 3 aromatic carbocycles. The maximum absolute atomic E-state index is 14.1. The summed E-state index contributed by atoms with van der Waals surface area (Å²) in [6.07, 6.45) is 1.09. The molecule has 1 aliphatic heterocycles. The number of ether oxygens (including phenoxy) is 1. The van der Waals surface area contributed by atoms with Crippen LogP contribution in [0.4, 0.5) is 4.39 Å². The van der Waals surface area contributed by atoms with Crippen LogP contribution < -0.4 is 4.74 Å². The lowest BCUT2D eigenvalue weighted by molar-refractivity contribution is -0.132. The topological polar surface area (TPSA) is 63.0 Å². The number of halogens is 1. The summed E-state index contributed by atoms with van der Waals surface area (Å²) in [6, 6.07) is 25.0. The molecule has 6 nitrogen and oxygen atoms in total. The fourth-order valence-electron chi connectivity index (χ4n) is 5.03. The van der Waals surface area contributed by atoms with Crippen LogP contribution in [0.1, 0.15) is 58.0 Å². The molecule has 0 aliphatic carbocycles. The number of benzene rings is 3. The minimum atomic E-state index is -0.395. The van der Waals surface area contributed by atoms with Gasteiger partial charge in [-0.05, 0) is 65.1 Å². The van der Waals surface area contributed by atoms with Crippen molar-refractivity contribution in [3.8, 4) is 5.75 Å². The predicted molar refractivity (Wildman–Crippen MR) is 146 cm³/mol. The van der Waals surface area contributed by atoms with Crippen LogP contribution in [0.2, 0.25) is 0 Å². The molecular formula is C32H31FN2O4. The number of hydrogen-bond donors (Lipinski definition) is 0. The van der Waals surface area contributed by atoms with Crippen LogP contribution in [-0.4, -0.2) is 35.2 Å². The zero-order valence-electron chi connectivity index (χ0n) is 22.1. The van der Waals surface area contributed by atoms with Gasteiger partial charge >= 0.3 is 0 Å². The van der Waals surface area contributed by atoms with Crippen LogP contribution in [0.25, 0.3) is 0 Å². The SMILES string of the molecule is CCC(=O)N1CCc2ccc(OCc3ccc(C(=O)N(C)Cc4ccccc4)o3)cc2C1c1cccc(F)c1.